The van der Waals surface area contributed by atoms with E-state index in [1.165, 1.54) is 0 Å². The average molecular weight is 341 g/mol. The number of ketones is 1. The summed E-state index contributed by atoms with van der Waals surface area (Å²) in [5, 5.41) is 14.8. The van der Waals surface area contributed by atoms with Crippen molar-refractivity contribution in [3.05, 3.63) is 12.7 Å². The van der Waals surface area contributed by atoms with Crippen molar-refractivity contribution in [2.75, 3.05) is 13.7 Å². The number of likely N-dealkylation sites (N-methyl/N-ethyl adjacent to an activating group) is 1. The SMILES string of the molecule is C=CCON=C(C)CC[C@@H](C)[C@@H](O)[C@@H](C(=O)C(C)C)N(C)C(C)C. The van der Waals surface area contributed by atoms with Gasteiger partial charge in [0.05, 0.1) is 17.9 Å². The van der Waals surface area contributed by atoms with Crippen LogP contribution in [0.5, 0.6) is 0 Å². The van der Waals surface area contributed by atoms with E-state index in [-0.39, 0.29) is 23.7 Å². The Morgan fingerprint density at radius 3 is 2.33 bits per heavy atom. The van der Waals surface area contributed by atoms with Crippen LogP contribution in [0.2, 0.25) is 0 Å². The van der Waals surface area contributed by atoms with Crippen LogP contribution in [0.25, 0.3) is 0 Å². The number of oxime groups is 1. The number of carbonyl (C=O) groups is 1. The van der Waals surface area contributed by atoms with Crippen LogP contribution in [-0.4, -0.2) is 53.3 Å². The maximum atomic E-state index is 12.6. The van der Waals surface area contributed by atoms with Crippen molar-refractivity contribution in [2.45, 2.75) is 72.6 Å². The maximum absolute atomic E-state index is 12.6. The van der Waals surface area contributed by atoms with Gasteiger partial charge in [0.1, 0.15) is 6.61 Å². The Kier molecular flexibility index (Phi) is 10.8. The first-order chi connectivity index (χ1) is 11.1. The minimum atomic E-state index is -0.700. The molecular formula is C19H36N2O3. The quantitative estimate of drug-likeness (QED) is 0.256. The Morgan fingerprint density at radius 2 is 1.88 bits per heavy atom. The first-order valence-electron chi connectivity index (χ1n) is 8.83. The van der Waals surface area contributed by atoms with E-state index in [2.05, 4.69) is 11.7 Å². The van der Waals surface area contributed by atoms with Crippen molar-refractivity contribution < 1.29 is 14.7 Å². The third kappa shape index (κ3) is 7.58. The second kappa shape index (κ2) is 11.4. The van der Waals surface area contributed by atoms with Crippen molar-refractivity contribution in [2.24, 2.45) is 17.0 Å². The predicted molar refractivity (Wildman–Crippen MR) is 100 cm³/mol. The number of hydrogen-bond acceptors (Lipinski definition) is 5. The molecule has 0 heterocycles. The lowest BCUT2D eigenvalue weighted by atomic mass is 9.86. The van der Waals surface area contributed by atoms with Crippen LogP contribution in [-0.2, 0) is 9.63 Å². The van der Waals surface area contributed by atoms with Gasteiger partial charge in [0, 0.05) is 12.0 Å². The molecule has 0 spiro atoms. The highest BCUT2D eigenvalue weighted by atomic mass is 16.6. The number of hydrogen-bond donors (Lipinski definition) is 1. The number of nitrogens with zero attached hydrogens (tertiary/aromatic N) is 2. The number of Topliss-reactive ketones (excluding diaryl/α,β-unsaturated/α-hetero) is 1. The minimum absolute atomic E-state index is 0.0107. The number of aliphatic hydroxyl groups is 1. The van der Waals surface area contributed by atoms with Gasteiger partial charge in [-0.3, -0.25) is 9.69 Å². The van der Waals surface area contributed by atoms with Gasteiger partial charge in [-0.1, -0.05) is 38.6 Å². The van der Waals surface area contributed by atoms with Crippen molar-refractivity contribution in [3.63, 3.8) is 0 Å². The smallest absolute Gasteiger partial charge is 0.155 e. The van der Waals surface area contributed by atoms with Crippen molar-refractivity contribution >= 4 is 11.5 Å². The minimum Gasteiger partial charge on any atom is -0.392 e. The van der Waals surface area contributed by atoms with E-state index >= 15 is 0 Å². The van der Waals surface area contributed by atoms with E-state index < -0.39 is 12.1 Å². The average Bonchev–Trinajstić information content (AvgIpc) is 2.52. The highest BCUT2D eigenvalue weighted by Gasteiger charge is 2.35. The molecule has 0 bridgehead atoms. The Bertz CT molecular complexity index is 419. The van der Waals surface area contributed by atoms with Crippen LogP contribution in [0.4, 0.5) is 0 Å². The number of aliphatic hydroxyl groups excluding tert-OH is 1. The molecule has 0 radical (unpaired) electrons. The maximum Gasteiger partial charge on any atom is 0.155 e. The topological polar surface area (TPSA) is 62.1 Å². The van der Waals surface area contributed by atoms with E-state index in [0.717, 1.165) is 18.6 Å². The molecule has 0 saturated heterocycles. The normalized spacial score (nSPS) is 16.4. The van der Waals surface area contributed by atoms with E-state index in [1.54, 1.807) is 6.08 Å². The Labute approximate surface area is 147 Å². The summed E-state index contributed by atoms with van der Waals surface area (Å²) in [7, 11) is 1.90. The third-order valence-corrected chi connectivity index (χ3v) is 4.39. The Balaban J connectivity index is 4.89. The molecule has 5 heteroatoms. The predicted octanol–water partition coefficient (Wildman–Crippen LogP) is 3.28. The van der Waals surface area contributed by atoms with Gasteiger partial charge in [-0.2, -0.15) is 0 Å². The molecule has 0 aromatic carbocycles. The van der Waals surface area contributed by atoms with Gasteiger partial charge in [-0.15, -0.1) is 0 Å². The molecule has 0 amide bonds. The zero-order chi connectivity index (χ0) is 18.9. The van der Waals surface area contributed by atoms with Crippen molar-refractivity contribution in [1.82, 2.24) is 4.90 Å². The van der Waals surface area contributed by atoms with Crippen LogP contribution in [0.15, 0.2) is 17.8 Å². The summed E-state index contributed by atoms with van der Waals surface area (Å²) < 4.78 is 0. The van der Waals surface area contributed by atoms with E-state index in [4.69, 9.17) is 4.84 Å². The molecular weight excluding hydrogens is 304 g/mol. The fraction of sp³-hybridized carbons (Fsp3) is 0.789. The molecule has 0 fully saturated rings. The first kappa shape index (κ1) is 22.8. The zero-order valence-corrected chi connectivity index (χ0v) is 16.5. The standard InChI is InChI=1S/C19H36N2O3/c1-9-12-24-20-16(7)11-10-15(6)19(23)17(18(22)13(2)3)21(8)14(4)5/h9,13-15,17,19,23H,1,10-12H2,2-8H3/t15-,17-,19-/m1/s1. The molecule has 0 aromatic rings. The lowest BCUT2D eigenvalue weighted by Crippen LogP contribution is -2.53. The van der Waals surface area contributed by atoms with Gasteiger partial charge in [0.25, 0.3) is 0 Å². The van der Waals surface area contributed by atoms with Crippen LogP contribution in [0.1, 0.15) is 54.4 Å². The van der Waals surface area contributed by atoms with E-state index in [0.29, 0.717) is 6.61 Å². The van der Waals surface area contributed by atoms with E-state index in [9.17, 15) is 9.90 Å². The Morgan fingerprint density at radius 1 is 1.29 bits per heavy atom. The number of rotatable bonds is 12. The summed E-state index contributed by atoms with van der Waals surface area (Å²) in [6, 6.07) is -0.288. The molecule has 1 N–H and O–H groups in total. The monoisotopic (exact) mass is 340 g/mol. The van der Waals surface area contributed by atoms with Crippen molar-refractivity contribution in [1.29, 1.82) is 0 Å². The summed E-state index contributed by atoms with van der Waals surface area (Å²) in [6.07, 6.45) is 2.42. The van der Waals surface area contributed by atoms with Gasteiger partial charge in [-0.05, 0) is 46.6 Å². The summed E-state index contributed by atoms with van der Waals surface area (Å²) in [6.45, 7) is 15.7. The van der Waals surface area contributed by atoms with Gasteiger partial charge < -0.3 is 9.94 Å². The molecule has 0 aliphatic heterocycles. The van der Waals surface area contributed by atoms with Crippen LogP contribution in [0, 0.1) is 11.8 Å². The second-order valence-electron chi connectivity index (χ2n) is 7.18. The molecule has 0 unspecified atom stereocenters. The largest absolute Gasteiger partial charge is 0.392 e. The molecule has 24 heavy (non-hydrogen) atoms. The summed E-state index contributed by atoms with van der Waals surface area (Å²) >= 11 is 0. The van der Waals surface area contributed by atoms with Gasteiger partial charge in [-0.25, -0.2) is 0 Å². The fourth-order valence-corrected chi connectivity index (χ4v) is 2.44. The van der Waals surface area contributed by atoms with Gasteiger partial charge in [0.15, 0.2) is 5.78 Å². The lowest BCUT2D eigenvalue weighted by molar-refractivity contribution is -0.133. The first-order valence-corrected chi connectivity index (χ1v) is 8.83. The number of carbonyl (C=O) groups excluding carboxylic acids is 1. The molecule has 0 aliphatic carbocycles. The fourth-order valence-electron chi connectivity index (χ4n) is 2.44. The molecule has 0 rings (SSSR count). The lowest BCUT2D eigenvalue weighted by Gasteiger charge is -2.37. The molecule has 0 aromatic heterocycles. The van der Waals surface area contributed by atoms with E-state index in [1.807, 2.05) is 53.5 Å². The second-order valence-corrected chi connectivity index (χ2v) is 7.18. The Hall–Kier alpha value is -1.20. The van der Waals surface area contributed by atoms with Gasteiger partial charge in [0.2, 0.25) is 0 Å². The third-order valence-electron chi connectivity index (χ3n) is 4.39. The summed E-state index contributed by atoms with van der Waals surface area (Å²) in [4.78, 5) is 19.6. The molecule has 5 nitrogen and oxygen atoms in total. The molecule has 0 aliphatic rings. The van der Waals surface area contributed by atoms with Crippen LogP contribution < -0.4 is 0 Å². The molecule has 0 saturated carbocycles. The van der Waals surface area contributed by atoms with Gasteiger partial charge >= 0.3 is 0 Å². The van der Waals surface area contributed by atoms with Crippen molar-refractivity contribution in [3.8, 4) is 0 Å². The van der Waals surface area contributed by atoms with Crippen LogP contribution in [0.3, 0.4) is 0 Å². The molecule has 3 atom stereocenters. The summed E-state index contributed by atoms with van der Waals surface area (Å²) in [5.74, 6) is -0.0256. The highest BCUT2D eigenvalue weighted by molar-refractivity contribution is 5.86. The highest BCUT2D eigenvalue weighted by Crippen LogP contribution is 2.21. The van der Waals surface area contributed by atoms with Crippen LogP contribution >= 0.6 is 0 Å². The molecule has 140 valence electrons. The zero-order valence-electron chi connectivity index (χ0n) is 16.5. The summed E-state index contributed by atoms with van der Waals surface area (Å²) in [5.41, 5.74) is 0.875.